The molecule has 1 fully saturated rings. The molecule has 1 aliphatic rings. The van der Waals surface area contributed by atoms with Crippen molar-refractivity contribution in [3.05, 3.63) is 0 Å². The van der Waals surface area contributed by atoms with E-state index in [1.165, 1.54) is 38.5 Å². The Morgan fingerprint density at radius 1 is 1.32 bits per heavy atom. The molecule has 130 valence electrons. The quantitative estimate of drug-likeness (QED) is 0.739. The van der Waals surface area contributed by atoms with Crippen molar-refractivity contribution < 1.29 is 9.53 Å². The summed E-state index contributed by atoms with van der Waals surface area (Å²) in [5.41, 5.74) is -0.435. The van der Waals surface area contributed by atoms with Crippen molar-refractivity contribution in [2.45, 2.75) is 97.2 Å². The second-order valence-corrected chi connectivity index (χ2v) is 7.86. The molecule has 1 saturated carbocycles. The zero-order valence-corrected chi connectivity index (χ0v) is 15.2. The van der Waals surface area contributed by atoms with E-state index >= 15 is 0 Å². The summed E-state index contributed by atoms with van der Waals surface area (Å²) in [5.74, 6) is 0.817. The van der Waals surface area contributed by atoms with Gasteiger partial charge in [0.05, 0.1) is 0 Å². The van der Waals surface area contributed by atoms with Crippen LogP contribution in [0.15, 0.2) is 0 Å². The van der Waals surface area contributed by atoms with E-state index in [1.807, 2.05) is 20.8 Å². The molecule has 2 N–H and O–H groups in total. The van der Waals surface area contributed by atoms with Crippen LogP contribution in [0.1, 0.15) is 79.6 Å². The average Bonchev–Trinajstić information content (AvgIpc) is 2.40. The summed E-state index contributed by atoms with van der Waals surface area (Å²) >= 11 is 0. The summed E-state index contributed by atoms with van der Waals surface area (Å²) in [4.78, 5) is 11.8. The Morgan fingerprint density at radius 3 is 2.64 bits per heavy atom. The van der Waals surface area contributed by atoms with Gasteiger partial charge in [-0.15, -0.1) is 0 Å². The number of carbonyl (C=O) groups is 1. The SMILES string of the molecule is CCCCC(CNC(=O)OC(C)(C)C)NC1CCCC(C)C1. The number of hydrogen-bond acceptors (Lipinski definition) is 3. The summed E-state index contributed by atoms with van der Waals surface area (Å²) in [5, 5.41) is 6.69. The van der Waals surface area contributed by atoms with Crippen molar-refractivity contribution in [2.24, 2.45) is 5.92 Å². The molecule has 0 saturated heterocycles. The van der Waals surface area contributed by atoms with Gasteiger partial charge in [-0.2, -0.15) is 0 Å². The van der Waals surface area contributed by atoms with Crippen LogP contribution in [0.3, 0.4) is 0 Å². The summed E-state index contributed by atoms with van der Waals surface area (Å²) in [7, 11) is 0. The summed E-state index contributed by atoms with van der Waals surface area (Å²) < 4.78 is 5.32. The van der Waals surface area contributed by atoms with Crippen LogP contribution < -0.4 is 10.6 Å². The fraction of sp³-hybridized carbons (Fsp3) is 0.944. The lowest BCUT2D eigenvalue weighted by atomic mass is 9.86. The summed E-state index contributed by atoms with van der Waals surface area (Å²) in [6.45, 7) is 10.9. The number of carbonyl (C=O) groups excluding carboxylic acids is 1. The molecule has 22 heavy (non-hydrogen) atoms. The number of amides is 1. The molecule has 3 atom stereocenters. The first-order chi connectivity index (χ1) is 10.3. The van der Waals surface area contributed by atoms with Gasteiger partial charge in [0.2, 0.25) is 0 Å². The van der Waals surface area contributed by atoms with Crippen molar-refractivity contribution in [3.63, 3.8) is 0 Å². The van der Waals surface area contributed by atoms with Gasteiger partial charge in [-0.3, -0.25) is 0 Å². The number of alkyl carbamates (subject to hydrolysis) is 1. The largest absolute Gasteiger partial charge is 0.444 e. The molecule has 1 rings (SSSR count). The van der Waals surface area contributed by atoms with Crippen LogP contribution in [0.2, 0.25) is 0 Å². The fourth-order valence-corrected chi connectivity index (χ4v) is 3.13. The van der Waals surface area contributed by atoms with Gasteiger partial charge in [0.15, 0.2) is 0 Å². The van der Waals surface area contributed by atoms with Crippen LogP contribution >= 0.6 is 0 Å². The lowest BCUT2D eigenvalue weighted by Crippen LogP contribution is -2.47. The minimum Gasteiger partial charge on any atom is -0.444 e. The Hall–Kier alpha value is -0.770. The molecule has 0 radical (unpaired) electrons. The van der Waals surface area contributed by atoms with Crippen molar-refractivity contribution >= 4 is 6.09 Å². The minimum atomic E-state index is -0.435. The van der Waals surface area contributed by atoms with Gasteiger partial charge in [-0.05, 0) is 46.0 Å². The van der Waals surface area contributed by atoms with Crippen LogP contribution in [0.5, 0.6) is 0 Å². The highest BCUT2D eigenvalue weighted by atomic mass is 16.6. The van der Waals surface area contributed by atoms with Gasteiger partial charge in [-0.25, -0.2) is 4.79 Å². The number of unbranched alkanes of at least 4 members (excludes halogenated alkanes) is 1. The third kappa shape index (κ3) is 8.62. The molecule has 0 aromatic carbocycles. The second-order valence-electron chi connectivity index (χ2n) is 7.86. The fourth-order valence-electron chi connectivity index (χ4n) is 3.13. The maximum atomic E-state index is 11.8. The Morgan fingerprint density at radius 2 is 2.05 bits per heavy atom. The second kappa shape index (κ2) is 9.39. The van der Waals surface area contributed by atoms with Crippen LogP contribution in [-0.4, -0.2) is 30.3 Å². The van der Waals surface area contributed by atoms with E-state index in [2.05, 4.69) is 24.5 Å². The molecule has 1 aliphatic carbocycles. The smallest absolute Gasteiger partial charge is 0.407 e. The van der Waals surface area contributed by atoms with Gasteiger partial charge in [0, 0.05) is 18.6 Å². The van der Waals surface area contributed by atoms with Crippen molar-refractivity contribution in [1.29, 1.82) is 0 Å². The molecule has 0 aliphatic heterocycles. The molecule has 4 nitrogen and oxygen atoms in total. The predicted molar refractivity (Wildman–Crippen MR) is 92.1 cm³/mol. The Bertz CT molecular complexity index is 326. The monoisotopic (exact) mass is 312 g/mol. The molecule has 0 heterocycles. The lowest BCUT2D eigenvalue weighted by Gasteiger charge is -2.32. The van der Waals surface area contributed by atoms with E-state index in [9.17, 15) is 4.79 Å². The highest BCUT2D eigenvalue weighted by Gasteiger charge is 2.22. The van der Waals surface area contributed by atoms with E-state index in [1.54, 1.807) is 0 Å². The molecule has 0 spiro atoms. The lowest BCUT2D eigenvalue weighted by molar-refractivity contribution is 0.0520. The molecule has 1 amide bonds. The maximum Gasteiger partial charge on any atom is 0.407 e. The van der Waals surface area contributed by atoms with Crippen LogP contribution in [-0.2, 0) is 4.74 Å². The third-order valence-corrected chi connectivity index (χ3v) is 4.21. The predicted octanol–water partition coefficient (Wildman–Crippen LogP) is 4.24. The molecular formula is C18H36N2O2. The van der Waals surface area contributed by atoms with Gasteiger partial charge in [0.1, 0.15) is 5.60 Å². The first-order valence-corrected chi connectivity index (χ1v) is 9.03. The van der Waals surface area contributed by atoms with Crippen molar-refractivity contribution in [2.75, 3.05) is 6.54 Å². The maximum absolute atomic E-state index is 11.8. The van der Waals surface area contributed by atoms with E-state index in [4.69, 9.17) is 4.74 Å². The van der Waals surface area contributed by atoms with Gasteiger partial charge in [-0.1, -0.05) is 39.5 Å². The first kappa shape index (κ1) is 19.3. The Balaban J connectivity index is 2.40. The summed E-state index contributed by atoms with van der Waals surface area (Å²) in [6, 6.07) is 0.953. The molecular weight excluding hydrogens is 276 g/mol. The minimum absolute atomic E-state index is 0.312. The van der Waals surface area contributed by atoms with Crippen LogP contribution in [0.4, 0.5) is 4.79 Å². The number of hydrogen-bond donors (Lipinski definition) is 2. The first-order valence-electron chi connectivity index (χ1n) is 9.03. The van der Waals surface area contributed by atoms with Gasteiger partial charge < -0.3 is 15.4 Å². The summed E-state index contributed by atoms with van der Waals surface area (Å²) in [6.07, 6.45) is 8.37. The van der Waals surface area contributed by atoms with Gasteiger partial charge >= 0.3 is 6.09 Å². The van der Waals surface area contributed by atoms with Gasteiger partial charge in [0.25, 0.3) is 0 Å². The van der Waals surface area contributed by atoms with E-state index in [0.717, 1.165) is 12.3 Å². The van der Waals surface area contributed by atoms with E-state index < -0.39 is 5.60 Å². The molecule has 3 unspecified atom stereocenters. The number of ether oxygens (including phenoxy) is 1. The molecule has 0 bridgehead atoms. The highest BCUT2D eigenvalue weighted by Crippen LogP contribution is 2.24. The Kier molecular flexibility index (Phi) is 8.23. The topological polar surface area (TPSA) is 50.4 Å². The van der Waals surface area contributed by atoms with Crippen molar-refractivity contribution in [1.82, 2.24) is 10.6 Å². The van der Waals surface area contributed by atoms with Crippen LogP contribution in [0.25, 0.3) is 0 Å². The normalized spacial score (nSPS) is 23.9. The average molecular weight is 312 g/mol. The standard InChI is InChI=1S/C18H36N2O2/c1-6-7-10-16(13-19-17(21)22-18(3,4)5)20-15-11-8-9-14(2)12-15/h14-16,20H,6-13H2,1-5H3,(H,19,21). The Labute approximate surface area is 136 Å². The molecule has 0 aromatic rings. The van der Waals surface area contributed by atoms with Crippen LogP contribution in [0, 0.1) is 5.92 Å². The van der Waals surface area contributed by atoms with E-state index in [-0.39, 0.29) is 6.09 Å². The number of nitrogens with one attached hydrogen (secondary N) is 2. The molecule has 4 heteroatoms. The molecule has 0 aromatic heterocycles. The zero-order valence-electron chi connectivity index (χ0n) is 15.2. The zero-order chi connectivity index (χ0) is 16.6. The third-order valence-electron chi connectivity index (χ3n) is 4.21. The highest BCUT2D eigenvalue weighted by molar-refractivity contribution is 5.67. The number of rotatable bonds is 7. The van der Waals surface area contributed by atoms with E-state index in [0.29, 0.717) is 18.6 Å². The van der Waals surface area contributed by atoms with Crippen molar-refractivity contribution in [3.8, 4) is 0 Å².